The summed E-state index contributed by atoms with van der Waals surface area (Å²) in [5.41, 5.74) is 2.26. The number of hydrogen-bond donors (Lipinski definition) is 2. The van der Waals surface area contributed by atoms with Crippen LogP contribution in [0.2, 0.25) is 0 Å². The molecule has 2 aromatic rings. The van der Waals surface area contributed by atoms with Gasteiger partial charge >= 0.3 is 0 Å². The number of nitrogens with one attached hydrogen (secondary N) is 2. The Kier molecular flexibility index (Phi) is 4.67. The van der Waals surface area contributed by atoms with E-state index in [-0.39, 0.29) is 10.6 Å². The molecule has 0 aliphatic heterocycles. The van der Waals surface area contributed by atoms with Crippen molar-refractivity contribution in [2.75, 3.05) is 15.7 Å². The maximum Gasteiger partial charge on any atom is 0.261 e. The zero-order valence-corrected chi connectivity index (χ0v) is 14.6. The minimum Gasteiger partial charge on any atom is -0.283 e. The Morgan fingerprint density at radius 3 is 2.00 bits per heavy atom. The third-order valence-electron chi connectivity index (χ3n) is 3.12. The lowest BCUT2D eigenvalue weighted by Crippen LogP contribution is -2.14. The van der Waals surface area contributed by atoms with Crippen molar-refractivity contribution in [3.63, 3.8) is 0 Å². The van der Waals surface area contributed by atoms with Gasteiger partial charge in [-0.1, -0.05) is 23.8 Å². The van der Waals surface area contributed by atoms with Gasteiger partial charge in [0.25, 0.3) is 10.0 Å². The SMILES string of the molecule is Cc1ccc(S(=O)(=O)Nc2ccc(C)c(NS(C)(=O)=O)c2)cc1. The molecule has 23 heavy (non-hydrogen) atoms. The highest BCUT2D eigenvalue weighted by Crippen LogP contribution is 2.23. The molecule has 0 fully saturated rings. The van der Waals surface area contributed by atoms with Gasteiger partial charge in [0.1, 0.15) is 0 Å². The van der Waals surface area contributed by atoms with Gasteiger partial charge in [0, 0.05) is 0 Å². The Morgan fingerprint density at radius 2 is 1.43 bits per heavy atom. The Labute approximate surface area is 136 Å². The fraction of sp³-hybridized carbons (Fsp3) is 0.200. The molecule has 0 amide bonds. The zero-order chi connectivity index (χ0) is 17.3. The number of benzene rings is 2. The van der Waals surface area contributed by atoms with Crippen molar-refractivity contribution in [1.29, 1.82) is 0 Å². The molecule has 0 saturated heterocycles. The summed E-state index contributed by atoms with van der Waals surface area (Å²) in [6.07, 6.45) is 1.04. The van der Waals surface area contributed by atoms with Crippen LogP contribution >= 0.6 is 0 Å². The first-order valence-electron chi connectivity index (χ1n) is 6.75. The molecule has 0 saturated carbocycles. The van der Waals surface area contributed by atoms with E-state index in [4.69, 9.17) is 0 Å². The van der Waals surface area contributed by atoms with Crippen LogP contribution in [0.5, 0.6) is 0 Å². The first kappa shape index (κ1) is 17.3. The van der Waals surface area contributed by atoms with Gasteiger partial charge in [0.15, 0.2) is 0 Å². The number of aryl methyl sites for hydroxylation is 2. The second kappa shape index (κ2) is 6.21. The normalized spacial score (nSPS) is 12.0. The average Bonchev–Trinajstić information content (AvgIpc) is 2.41. The van der Waals surface area contributed by atoms with Crippen molar-refractivity contribution < 1.29 is 16.8 Å². The summed E-state index contributed by atoms with van der Waals surface area (Å²) >= 11 is 0. The molecule has 2 rings (SSSR count). The van der Waals surface area contributed by atoms with Crippen LogP contribution in [0.4, 0.5) is 11.4 Å². The average molecular weight is 354 g/mol. The second-order valence-corrected chi connectivity index (χ2v) is 8.75. The predicted molar refractivity (Wildman–Crippen MR) is 91.6 cm³/mol. The van der Waals surface area contributed by atoms with Crippen molar-refractivity contribution in [3.8, 4) is 0 Å². The van der Waals surface area contributed by atoms with E-state index < -0.39 is 20.0 Å². The molecule has 0 spiro atoms. The Balaban J connectivity index is 2.32. The van der Waals surface area contributed by atoms with E-state index in [0.717, 1.165) is 11.8 Å². The van der Waals surface area contributed by atoms with E-state index in [1.54, 1.807) is 31.2 Å². The van der Waals surface area contributed by atoms with Crippen LogP contribution in [0.1, 0.15) is 11.1 Å². The molecule has 6 nitrogen and oxygen atoms in total. The van der Waals surface area contributed by atoms with E-state index in [1.165, 1.54) is 18.2 Å². The molecule has 2 N–H and O–H groups in total. The van der Waals surface area contributed by atoms with E-state index in [1.807, 2.05) is 6.92 Å². The highest BCUT2D eigenvalue weighted by atomic mass is 32.2. The second-order valence-electron chi connectivity index (χ2n) is 5.32. The summed E-state index contributed by atoms with van der Waals surface area (Å²) < 4.78 is 52.2. The molecule has 0 radical (unpaired) electrons. The standard InChI is InChI=1S/C15H18N2O4S2/c1-11-4-8-14(9-5-11)23(20,21)16-13-7-6-12(2)15(10-13)17-22(3,18)19/h4-10,16-17H,1-3H3. The summed E-state index contributed by atoms with van der Waals surface area (Å²) in [5, 5.41) is 0. The third kappa shape index (κ3) is 4.70. The fourth-order valence-electron chi connectivity index (χ4n) is 1.93. The van der Waals surface area contributed by atoms with Gasteiger partial charge in [0.05, 0.1) is 22.5 Å². The number of sulfonamides is 2. The summed E-state index contributed by atoms with van der Waals surface area (Å²) in [4.78, 5) is 0.140. The molecule has 0 heterocycles. The van der Waals surface area contributed by atoms with E-state index in [9.17, 15) is 16.8 Å². The first-order chi connectivity index (χ1) is 10.6. The minimum absolute atomic E-state index is 0.140. The lowest BCUT2D eigenvalue weighted by atomic mass is 10.2. The van der Waals surface area contributed by atoms with Crippen LogP contribution in [0.15, 0.2) is 47.4 Å². The van der Waals surface area contributed by atoms with Crippen LogP contribution in [-0.4, -0.2) is 23.1 Å². The van der Waals surface area contributed by atoms with Crippen LogP contribution in [0.25, 0.3) is 0 Å². The number of hydrogen-bond acceptors (Lipinski definition) is 4. The maximum absolute atomic E-state index is 12.3. The van der Waals surface area contributed by atoms with E-state index in [0.29, 0.717) is 11.3 Å². The molecule has 0 aliphatic carbocycles. The van der Waals surface area contributed by atoms with Gasteiger partial charge in [-0.2, -0.15) is 0 Å². The van der Waals surface area contributed by atoms with Crippen molar-refractivity contribution in [3.05, 3.63) is 53.6 Å². The predicted octanol–water partition coefficient (Wildman–Crippen LogP) is 2.48. The smallest absolute Gasteiger partial charge is 0.261 e. The molecule has 124 valence electrons. The lowest BCUT2D eigenvalue weighted by Gasteiger charge is -2.12. The van der Waals surface area contributed by atoms with Crippen molar-refractivity contribution in [2.24, 2.45) is 0 Å². The van der Waals surface area contributed by atoms with Crippen molar-refractivity contribution >= 4 is 31.4 Å². The highest BCUT2D eigenvalue weighted by molar-refractivity contribution is 7.92. The Hall–Kier alpha value is -2.06. The van der Waals surface area contributed by atoms with Crippen LogP contribution in [-0.2, 0) is 20.0 Å². The van der Waals surface area contributed by atoms with Crippen molar-refractivity contribution in [1.82, 2.24) is 0 Å². The summed E-state index contributed by atoms with van der Waals surface area (Å²) in [7, 11) is -7.17. The zero-order valence-electron chi connectivity index (χ0n) is 13.0. The van der Waals surface area contributed by atoms with Gasteiger partial charge < -0.3 is 0 Å². The van der Waals surface area contributed by atoms with Crippen LogP contribution in [0, 0.1) is 13.8 Å². The van der Waals surface area contributed by atoms with Gasteiger partial charge in [0.2, 0.25) is 10.0 Å². The van der Waals surface area contributed by atoms with Crippen LogP contribution in [0.3, 0.4) is 0 Å². The monoisotopic (exact) mass is 354 g/mol. The molecule has 0 bridgehead atoms. The lowest BCUT2D eigenvalue weighted by molar-refractivity contribution is 0.601. The Bertz CT molecular complexity index is 918. The largest absolute Gasteiger partial charge is 0.283 e. The van der Waals surface area contributed by atoms with Gasteiger partial charge in [-0.25, -0.2) is 16.8 Å². The van der Waals surface area contributed by atoms with E-state index >= 15 is 0 Å². The fourth-order valence-corrected chi connectivity index (χ4v) is 3.60. The Morgan fingerprint density at radius 1 is 0.826 bits per heavy atom. The number of anilines is 2. The minimum atomic E-state index is -3.73. The molecule has 8 heteroatoms. The van der Waals surface area contributed by atoms with Gasteiger partial charge in [-0.15, -0.1) is 0 Å². The molecular formula is C15H18N2O4S2. The third-order valence-corrected chi connectivity index (χ3v) is 5.10. The maximum atomic E-state index is 12.3. The topological polar surface area (TPSA) is 92.3 Å². The molecule has 2 aromatic carbocycles. The highest BCUT2D eigenvalue weighted by Gasteiger charge is 2.15. The molecule has 0 atom stereocenters. The van der Waals surface area contributed by atoms with Gasteiger partial charge in [-0.3, -0.25) is 9.44 Å². The van der Waals surface area contributed by atoms with Crippen molar-refractivity contribution in [2.45, 2.75) is 18.7 Å². The summed E-state index contributed by atoms with van der Waals surface area (Å²) in [6.45, 7) is 3.60. The van der Waals surface area contributed by atoms with E-state index in [2.05, 4.69) is 9.44 Å². The summed E-state index contributed by atoms with van der Waals surface area (Å²) in [6, 6.07) is 11.1. The molecule has 0 aliphatic rings. The molecule has 0 unspecified atom stereocenters. The van der Waals surface area contributed by atoms with Gasteiger partial charge in [-0.05, 0) is 43.7 Å². The molecule has 0 aromatic heterocycles. The first-order valence-corrected chi connectivity index (χ1v) is 10.1. The quantitative estimate of drug-likeness (QED) is 0.863. The number of rotatable bonds is 5. The van der Waals surface area contributed by atoms with Crippen LogP contribution < -0.4 is 9.44 Å². The molecular weight excluding hydrogens is 336 g/mol. The summed E-state index contributed by atoms with van der Waals surface area (Å²) in [5.74, 6) is 0.